The minimum atomic E-state index is -0.425. The van der Waals surface area contributed by atoms with Gasteiger partial charge in [-0.1, -0.05) is 24.4 Å². The Labute approximate surface area is 128 Å². The first kappa shape index (κ1) is 14.5. The molecule has 2 aliphatic rings. The molecule has 1 aromatic rings. The van der Waals surface area contributed by atoms with Crippen LogP contribution < -0.4 is 4.90 Å². The van der Waals surface area contributed by atoms with Gasteiger partial charge in [-0.15, -0.1) is 0 Å². The third-order valence-corrected chi connectivity index (χ3v) is 4.65. The fourth-order valence-electron chi connectivity index (χ4n) is 3.32. The number of nitrogens with zero attached hydrogens (tertiary/aromatic N) is 4. The highest BCUT2D eigenvalue weighted by Gasteiger charge is 2.27. The van der Waals surface area contributed by atoms with Crippen LogP contribution in [0.25, 0.3) is 0 Å². The summed E-state index contributed by atoms with van der Waals surface area (Å²) in [6.07, 6.45) is 5.29. The van der Waals surface area contributed by atoms with Gasteiger partial charge >= 0.3 is 0 Å². The van der Waals surface area contributed by atoms with Crippen molar-refractivity contribution in [2.24, 2.45) is 0 Å². The number of anilines is 1. The van der Waals surface area contributed by atoms with Crippen molar-refractivity contribution in [3.63, 3.8) is 0 Å². The Morgan fingerprint density at radius 2 is 1.86 bits per heavy atom. The van der Waals surface area contributed by atoms with Crippen LogP contribution in [-0.4, -0.2) is 47.0 Å². The van der Waals surface area contributed by atoms with E-state index in [1.165, 1.54) is 37.8 Å². The Bertz CT molecular complexity index is 526. The molecule has 2 heterocycles. The zero-order valence-corrected chi connectivity index (χ0v) is 12.6. The lowest BCUT2D eigenvalue weighted by Gasteiger charge is -2.38. The number of nitro groups is 1. The van der Waals surface area contributed by atoms with E-state index in [0.717, 1.165) is 32.2 Å². The molecule has 3 rings (SSSR count). The van der Waals surface area contributed by atoms with Crippen molar-refractivity contribution >= 4 is 23.1 Å². The molecular formula is C14H19ClN4O2. The Balaban J connectivity index is 1.67. The lowest BCUT2D eigenvalue weighted by molar-refractivity contribution is -0.384. The van der Waals surface area contributed by atoms with Crippen LogP contribution in [0, 0.1) is 10.1 Å². The summed E-state index contributed by atoms with van der Waals surface area (Å²) >= 11 is 5.89. The fourth-order valence-corrected chi connectivity index (χ4v) is 3.52. The smallest absolute Gasteiger partial charge is 0.276 e. The van der Waals surface area contributed by atoms with Crippen LogP contribution in [-0.2, 0) is 0 Å². The maximum Gasteiger partial charge on any atom is 0.276 e. The predicted octanol–water partition coefficient (Wildman–Crippen LogP) is 2.71. The summed E-state index contributed by atoms with van der Waals surface area (Å²) in [5.74, 6) is 0.611. The minimum absolute atomic E-state index is 0.00298. The predicted molar refractivity (Wildman–Crippen MR) is 81.9 cm³/mol. The molecule has 7 heteroatoms. The number of aromatic nitrogens is 1. The van der Waals surface area contributed by atoms with E-state index in [0.29, 0.717) is 5.82 Å². The van der Waals surface area contributed by atoms with E-state index in [-0.39, 0.29) is 10.8 Å². The zero-order valence-electron chi connectivity index (χ0n) is 11.9. The van der Waals surface area contributed by atoms with Crippen LogP contribution in [0.4, 0.5) is 11.5 Å². The summed E-state index contributed by atoms with van der Waals surface area (Å²) in [6, 6.07) is 3.53. The van der Waals surface area contributed by atoms with Crippen LogP contribution in [0.5, 0.6) is 0 Å². The largest absolute Gasteiger partial charge is 0.354 e. The van der Waals surface area contributed by atoms with Gasteiger partial charge in [0.15, 0.2) is 0 Å². The van der Waals surface area contributed by atoms with Crippen LogP contribution in [0.15, 0.2) is 12.1 Å². The van der Waals surface area contributed by atoms with Crippen LogP contribution in [0.2, 0.25) is 5.15 Å². The molecule has 0 radical (unpaired) electrons. The topological polar surface area (TPSA) is 62.5 Å². The Morgan fingerprint density at radius 1 is 1.19 bits per heavy atom. The summed E-state index contributed by atoms with van der Waals surface area (Å²) in [5, 5.41) is 11.1. The summed E-state index contributed by atoms with van der Waals surface area (Å²) in [4.78, 5) is 19.3. The summed E-state index contributed by atoms with van der Waals surface area (Å²) in [5.41, 5.74) is 0.00298. The van der Waals surface area contributed by atoms with Crippen LogP contribution in [0.1, 0.15) is 25.7 Å². The molecule has 0 bridgehead atoms. The highest BCUT2D eigenvalue weighted by atomic mass is 35.5. The molecule has 0 unspecified atom stereocenters. The van der Waals surface area contributed by atoms with Crippen LogP contribution >= 0.6 is 11.6 Å². The normalized spacial score (nSPS) is 20.9. The lowest BCUT2D eigenvalue weighted by Crippen LogP contribution is -2.50. The molecule has 21 heavy (non-hydrogen) atoms. The first-order valence-electron chi connectivity index (χ1n) is 7.44. The monoisotopic (exact) mass is 310 g/mol. The molecule has 2 fully saturated rings. The molecule has 1 saturated heterocycles. The van der Waals surface area contributed by atoms with E-state index in [2.05, 4.69) is 14.8 Å². The molecule has 0 atom stereocenters. The molecule has 1 aliphatic heterocycles. The van der Waals surface area contributed by atoms with Gasteiger partial charge in [-0.05, 0) is 12.8 Å². The molecule has 0 aromatic carbocycles. The van der Waals surface area contributed by atoms with E-state index >= 15 is 0 Å². The average molecular weight is 311 g/mol. The number of piperazine rings is 1. The van der Waals surface area contributed by atoms with Gasteiger partial charge in [0.2, 0.25) is 0 Å². The Hall–Kier alpha value is -1.40. The summed E-state index contributed by atoms with van der Waals surface area (Å²) in [7, 11) is 0. The van der Waals surface area contributed by atoms with Gasteiger partial charge < -0.3 is 4.90 Å². The van der Waals surface area contributed by atoms with Crippen molar-refractivity contribution in [1.29, 1.82) is 0 Å². The SMILES string of the molecule is O=[N+]([O-])c1cc(Cl)nc(N2CCN(C3CCCC3)CC2)c1. The van der Waals surface area contributed by atoms with Crippen molar-refractivity contribution in [3.05, 3.63) is 27.4 Å². The average Bonchev–Trinajstić information content (AvgIpc) is 3.01. The van der Waals surface area contributed by atoms with Crippen molar-refractivity contribution in [2.45, 2.75) is 31.7 Å². The van der Waals surface area contributed by atoms with Crippen LogP contribution in [0.3, 0.4) is 0 Å². The van der Waals surface area contributed by atoms with E-state index in [4.69, 9.17) is 11.6 Å². The highest BCUT2D eigenvalue weighted by Crippen LogP contribution is 2.27. The van der Waals surface area contributed by atoms with Gasteiger partial charge in [0.1, 0.15) is 11.0 Å². The number of hydrogen-bond donors (Lipinski definition) is 0. The maximum absolute atomic E-state index is 10.9. The van der Waals surface area contributed by atoms with E-state index in [1.54, 1.807) is 0 Å². The fraction of sp³-hybridized carbons (Fsp3) is 0.643. The van der Waals surface area contributed by atoms with Gasteiger partial charge in [0.25, 0.3) is 5.69 Å². The van der Waals surface area contributed by atoms with Crippen molar-refractivity contribution in [3.8, 4) is 0 Å². The number of halogens is 1. The second kappa shape index (κ2) is 6.15. The number of rotatable bonds is 3. The quantitative estimate of drug-likeness (QED) is 0.488. The second-order valence-corrected chi connectivity index (χ2v) is 6.11. The zero-order chi connectivity index (χ0) is 14.8. The molecule has 0 N–H and O–H groups in total. The summed E-state index contributed by atoms with van der Waals surface area (Å²) in [6.45, 7) is 3.68. The molecule has 0 spiro atoms. The minimum Gasteiger partial charge on any atom is -0.354 e. The first-order chi connectivity index (χ1) is 10.1. The van der Waals surface area contributed by atoms with Crippen molar-refractivity contribution in [1.82, 2.24) is 9.88 Å². The van der Waals surface area contributed by atoms with E-state index in [1.807, 2.05) is 0 Å². The molecule has 1 saturated carbocycles. The number of hydrogen-bond acceptors (Lipinski definition) is 5. The highest BCUT2D eigenvalue weighted by molar-refractivity contribution is 6.29. The van der Waals surface area contributed by atoms with Crippen molar-refractivity contribution in [2.75, 3.05) is 31.1 Å². The van der Waals surface area contributed by atoms with E-state index < -0.39 is 4.92 Å². The van der Waals surface area contributed by atoms with Gasteiger partial charge in [-0.25, -0.2) is 4.98 Å². The number of pyridine rings is 1. The Morgan fingerprint density at radius 3 is 2.48 bits per heavy atom. The first-order valence-corrected chi connectivity index (χ1v) is 7.82. The Kier molecular flexibility index (Phi) is 4.26. The van der Waals surface area contributed by atoms with Gasteiger partial charge in [0.05, 0.1) is 17.1 Å². The molecule has 114 valence electrons. The van der Waals surface area contributed by atoms with Crippen molar-refractivity contribution < 1.29 is 4.92 Å². The molecule has 0 amide bonds. The third-order valence-electron chi connectivity index (χ3n) is 4.46. The molecule has 6 nitrogen and oxygen atoms in total. The van der Waals surface area contributed by atoms with E-state index in [9.17, 15) is 10.1 Å². The molecule has 1 aliphatic carbocycles. The molecular weight excluding hydrogens is 292 g/mol. The summed E-state index contributed by atoms with van der Waals surface area (Å²) < 4.78 is 0. The van der Waals surface area contributed by atoms with Gasteiger partial charge in [0, 0.05) is 32.2 Å². The van der Waals surface area contributed by atoms with Gasteiger partial charge in [-0.2, -0.15) is 0 Å². The second-order valence-electron chi connectivity index (χ2n) is 5.72. The maximum atomic E-state index is 10.9. The lowest BCUT2D eigenvalue weighted by atomic mass is 10.2. The standard InChI is InChI=1S/C14H19ClN4O2/c15-13-9-12(19(20)21)10-14(16-13)18-7-5-17(6-8-18)11-3-1-2-4-11/h9-11H,1-8H2. The van der Waals surface area contributed by atoms with Gasteiger partial charge in [-0.3, -0.25) is 15.0 Å². The third kappa shape index (κ3) is 3.27. The molecule has 1 aromatic heterocycles.